The highest BCUT2D eigenvalue weighted by molar-refractivity contribution is 7.71. The lowest BCUT2D eigenvalue weighted by atomic mass is 10.0. The van der Waals surface area contributed by atoms with E-state index in [-0.39, 0.29) is 6.10 Å². The average Bonchev–Trinajstić information content (AvgIpc) is 2.60. The molecule has 1 unspecified atom stereocenters. The van der Waals surface area contributed by atoms with E-state index in [9.17, 15) is 0 Å². The van der Waals surface area contributed by atoms with Crippen LogP contribution in [0, 0.1) is 4.64 Å². The van der Waals surface area contributed by atoms with E-state index < -0.39 is 0 Å². The lowest BCUT2D eigenvalue weighted by Gasteiger charge is -2.20. The summed E-state index contributed by atoms with van der Waals surface area (Å²) in [6.45, 7) is 3.82. The zero-order valence-corrected chi connectivity index (χ0v) is 13.7. The van der Waals surface area contributed by atoms with Gasteiger partial charge in [-0.05, 0) is 47.4 Å². The second-order valence-electron chi connectivity index (χ2n) is 5.43. The van der Waals surface area contributed by atoms with Crippen LogP contribution in [0.4, 0.5) is 0 Å². The fourth-order valence-electron chi connectivity index (χ4n) is 2.59. The van der Waals surface area contributed by atoms with Crippen LogP contribution in [-0.4, -0.2) is 4.73 Å². The maximum absolute atomic E-state index is 6.15. The highest BCUT2D eigenvalue weighted by Crippen LogP contribution is 2.25. The number of aromatic nitrogens is 1. The molecule has 3 heteroatoms. The molecular weight excluding hydrogens is 302 g/mol. The Morgan fingerprint density at radius 3 is 2.61 bits per heavy atom. The van der Waals surface area contributed by atoms with Crippen LogP contribution in [0.1, 0.15) is 24.5 Å². The van der Waals surface area contributed by atoms with Gasteiger partial charge in [0, 0.05) is 6.20 Å². The number of rotatable bonds is 6. The molecule has 0 radical (unpaired) electrons. The van der Waals surface area contributed by atoms with E-state index in [0.717, 1.165) is 18.4 Å². The zero-order chi connectivity index (χ0) is 16.1. The van der Waals surface area contributed by atoms with Gasteiger partial charge in [-0.3, -0.25) is 0 Å². The third kappa shape index (κ3) is 3.69. The molecule has 0 aliphatic rings. The summed E-state index contributed by atoms with van der Waals surface area (Å²) in [6, 6.07) is 20.5. The van der Waals surface area contributed by atoms with Crippen molar-refractivity contribution in [2.45, 2.75) is 18.9 Å². The number of allylic oxidation sites excluding steroid dienone is 1. The Kier molecular flexibility index (Phi) is 4.89. The highest BCUT2D eigenvalue weighted by atomic mass is 32.1. The molecule has 116 valence electrons. The van der Waals surface area contributed by atoms with Crippen molar-refractivity contribution >= 4 is 23.0 Å². The summed E-state index contributed by atoms with van der Waals surface area (Å²) in [7, 11) is 0. The lowest BCUT2D eigenvalue weighted by Crippen LogP contribution is -2.18. The maximum atomic E-state index is 6.15. The summed E-state index contributed by atoms with van der Waals surface area (Å²) in [5, 5.41) is 2.45. The van der Waals surface area contributed by atoms with Crippen molar-refractivity contribution in [2.75, 3.05) is 0 Å². The minimum Gasteiger partial charge on any atom is -0.405 e. The largest absolute Gasteiger partial charge is 0.405 e. The second-order valence-corrected chi connectivity index (χ2v) is 5.85. The fraction of sp³-hybridized carbons (Fsp3) is 0.150. The Hall–Kier alpha value is -2.39. The first-order chi connectivity index (χ1) is 11.3. The third-order valence-corrected chi connectivity index (χ3v) is 4.12. The molecule has 0 bridgehead atoms. The summed E-state index contributed by atoms with van der Waals surface area (Å²) in [4.78, 5) is 6.15. The van der Waals surface area contributed by atoms with Crippen LogP contribution < -0.4 is 4.84 Å². The summed E-state index contributed by atoms with van der Waals surface area (Å²) in [5.74, 6) is 0. The number of benzene rings is 2. The molecule has 0 spiro atoms. The molecule has 0 amide bonds. The van der Waals surface area contributed by atoms with E-state index in [1.807, 2.05) is 30.5 Å². The van der Waals surface area contributed by atoms with Crippen LogP contribution in [0.2, 0.25) is 0 Å². The van der Waals surface area contributed by atoms with Gasteiger partial charge in [0.15, 0.2) is 6.10 Å². The standard InChI is InChI=1S/C20H19NOS/c1-2-3-10-19(22-21-14-7-6-11-20(21)23)18-13-12-16-8-4-5-9-17(16)15-18/h2,4-9,11-15,19H,1,3,10H2. The molecule has 23 heavy (non-hydrogen) atoms. The first-order valence-corrected chi connectivity index (χ1v) is 8.13. The topological polar surface area (TPSA) is 14.2 Å². The predicted molar refractivity (Wildman–Crippen MR) is 98.0 cm³/mol. The van der Waals surface area contributed by atoms with Crippen molar-refractivity contribution in [3.63, 3.8) is 0 Å². The molecule has 3 rings (SSSR count). The molecule has 0 aliphatic carbocycles. The molecule has 1 atom stereocenters. The minimum atomic E-state index is -0.0632. The van der Waals surface area contributed by atoms with Gasteiger partial charge < -0.3 is 4.84 Å². The third-order valence-electron chi connectivity index (χ3n) is 3.81. The number of hydrogen-bond donors (Lipinski definition) is 0. The molecule has 1 aromatic heterocycles. The first-order valence-electron chi connectivity index (χ1n) is 7.72. The van der Waals surface area contributed by atoms with Crippen LogP contribution in [-0.2, 0) is 0 Å². The highest BCUT2D eigenvalue weighted by Gasteiger charge is 2.14. The van der Waals surface area contributed by atoms with Gasteiger partial charge in [0.2, 0.25) is 0 Å². The average molecular weight is 321 g/mol. The van der Waals surface area contributed by atoms with Gasteiger partial charge in [-0.25, -0.2) is 0 Å². The summed E-state index contributed by atoms with van der Waals surface area (Å²) in [5.41, 5.74) is 1.15. The summed E-state index contributed by atoms with van der Waals surface area (Å²) in [6.07, 6.45) is 5.45. The SMILES string of the molecule is C=CCCC(On1ccccc1=S)c1ccc2ccccc2c1. The normalized spacial score (nSPS) is 12.0. The Bertz CT molecular complexity index is 868. The molecule has 3 aromatic rings. The lowest BCUT2D eigenvalue weighted by molar-refractivity contribution is 0.0279. The van der Waals surface area contributed by atoms with E-state index in [2.05, 4.69) is 49.0 Å². The van der Waals surface area contributed by atoms with Crippen molar-refractivity contribution in [1.29, 1.82) is 0 Å². The van der Waals surface area contributed by atoms with Gasteiger partial charge in [-0.1, -0.05) is 60.8 Å². The predicted octanol–water partition coefficient (Wildman–Crippen LogP) is 5.51. The Balaban J connectivity index is 1.95. The zero-order valence-electron chi connectivity index (χ0n) is 12.9. The van der Waals surface area contributed by atoms with Crippen LogP contribution in [0.15, 0.2) is 79.5 Å². The maximum Gasteiger partial charge on any atom is 0.150 e. The van der Waals surface area contributed by atoms with Gasteiger partial charge in [0.05, 0.1) is 0 Å². The minimum absolute atomic E-state index is 0.0632. The molecule has 0 saturated heterocycles. The Morgan fingerprint density at radius 1 is 1.04 bits per heavy atom. The second kappa shape index (κ2) is 7.25. The van der Waals surface area contributed by atoms with Crippen LogP contribution in [0.25, 0.3) is 10.8 Å². The van der Waals surface area contributed by atoms with Crippen molar-refractivity contribution in [3.05, 3.63) is 89.7 Å². The Labute approximate surface area is 141 Å². The number of nitrogens with zero attached hydrogens (tertiary/aromatic N) is 1. The smallest absolute Gasteiger partial charge is 0.150 e. The van der Waals surface area contributed by atoms with Crippen LogP contribution in [0.3, 0.4) is 0 Å². The van der Waals surface area contributed by atoms with Crippen LogP contribution >= 0.6 is 12.2 Å². The quantitative estimate of drug-likeness (QED) is 0.439. The summed E-state index contributed by atoms with van der Waals surface area (Å²) >= 11 is 5.33. The number of hydrogen-bond acceptors (Lipinski definition) is 2. The van der Waals surface area contributed by atoms with Crippen molar-refractivity contribution in [2.24, 2.45) is 0 Å². The molecule has 0 fully saturated rings. The van der Waals surface area contributed by atoms with Crippen molar-refractivity contribution < 1.29 is 4.84 Å². The number of pyridine rings is 1. The van der Waals surface area contributed by atoms with Gasteiger partial charge in [-0.2, -0.15) is 4.73 Å². The molecule has 1 heterocycles. The molecular formula is C20H19NOS. The van der Waals surface area contributed by atoms with Gasteiger partial charge in [0.25, 0.3) is 0 Å². The van der Waals surface area contributed by atoms with E-state index in [1.165, 1.54) is 10.8 Å². The van der Waals surface area contributed by atoms with Gasteiger partial charge >= 0.3 is 0 Å². The van der Waals surface area contributed by atoms with E-state index >= 15 is 0 Å². The van der Waals surface area contributed by atoms with E-state index in [1.54, 1.807) is 4.73 Å². The number of fused-ring (bicyclic) bond motifs is 1. The van der Waals surface area contributed by atoms with Crippen LogP contribution in [0.5, 0.6) is 0 Å². The van der Waals surface area contributed by atoms with Crippen molar-refractivity contribution in [3.8, 4) is 0 Å². The van der Waals surface area contributed by atoms with Gasteiger partial charge in [0.1, 0.15) is 4.64 Å². The molecule has 0 N–H and O–H groups in total. The fourth-order valence-corrected chi connectivity index (χ4v) is 2.78. The Morgan fingerprint density at radius 2 is 1.83 bits per heavy atom. The monoisotopic (exact) mass is 321 g/mol. The van der Waals surface area contributed by atoms with E-state index in [0.29, 0.717) is 4.64 Å². The summed E-state index contributed by atoms with van der Waals surface area (Å²) < 4.78 is 2.33. The molecule has 0 saturated carbocycles. The van der Waals surface area contributed by atoms with Gasteiger partial charge in [-0.15, -0.1) is 6.58 Å². The van der Waals surface area contributed by atoms with E-state index in [4.69, 9.17) is 17.1 Å². The van der Waals surface area contributed by atoms with Crippen molar-refractivity contribution in [1.82, 2.24) is 4.73 Å². The molecule has 2 aromatic carbocycles. The molecule has 0 aliphatic heterocycles. The molecule has 2 nitrogen and oxygen atoms in total. The first kappa shape index (κ1) is 15.5.